The van der Waals surface area contributed by atoms with Gasteiger partial charge < -0.3 is 4.90 Å². The quantitative estimate of drug-likeness (QED) is 0.665. The van der Waals surface area contributed by atoms with Gasteiger partial charge >= 0.3 is 0 Å². The number of nitrogens with zero attached hydrogens (tertiary/aromatic N) is 2. The Kier molecular flexibility index (Phi) is 6.52. The number of carbonyl (C=O) groups is 1. The maximum atomic E-state index is 12.9. The third-order valence-corrected chi connectivity index (χ3v) is 7.17. The van der Waals surface area contributed by atoms with Gasteiger partial charge in [-0.1, -0.05) is 25.5 Å². The van der Waals surface area contributed by atoms with Crippen LogP contribution in [0.15, 0.2) is 53.4 Å². The van der Waals surface area contributed by atoms with E-state index >= 15 is 0 Å². The van der Waals surface area contributed by atoms with Crippen molar-refractivity contribution in [3.8, 4) is 0 Å². The van der Waals surface area contributed by atoms with Crippen molar-refractivity contribution in [3.05, 3.63) is 59.7 Å². The van der Waals surface area contributed by atoms with Gasteiger partial charge in [-0.2, -0.15) is 4.31 Å². The first kappa shape index (κ1) is 20.6. The van der Waals surface area contributed by atoms with Gasteiger partial charge in [-0.15, -0.1) is 0 Å². The Bertz CT molecular complexity index is 898. The number of sulfonamides is 1. The van der Waals surface area contributed by atoms with Gasteiger partial charge in [0.15, 0.2) is 5.78 Å². The third kappa shape index (κ3) is 4.62. The predicted molar refractivity (Wildman–Crippen MR) is 112 cm³/mol. The lowest BCUT2D eigenvalue weighted by Gasteiger charge is -2.35. The van der Waals surface area contributed by atoms with Crippen LogP contribution in [0, 0.1) is 0 Å². The number of anilines is 1. The average Bonchev–Trinajstić information content (AvgIpc) is 2.72. The number of rotatable bonds is 7. The Hall–Kier alpha value is -2.18. The van der Waals surface area contributed by atoms with E-state index in [1.165, 1.54) is 5.56 Å². The summed E-state index contributed by atoms with van der Waals surface area (Å²) in [6, 6.07) is 14.8. The average molecular weight is 401 g/mol. The number of benzene rings is 2. The van der Waals surface area contributed by atoms with Crippen molar-refractivity contribution in [1.29, 1.82) is 0 Å². The van der Waals surface area contributed by atoms with Crippen molar-refractivity contribution in [2.24, 2.45) is 0 Å². The van der Waals surface area contributed by atoms with Crippen molar-refractivity contribution in [2.45, 2.75) is 38.0 Å². The third-order valence-electron chi connectivity index (χ3n) is 5.26. The lowest BCUT2D eigenvalue weighted by molar-refractivity contribution is 0.101. The first-order chi connectivity index (χ1) is 13.4. The summed E-state index contributed by atoms with van der Waals surface area (Å²) >= 11 is 0. The number of carbonyl (C=O) groups excluding carboxylic acids is 1. The van der Waals surface area contributed by atoms with Crippen LogP contribution in [0.2, 0.25) is 0 Å². The van der Waals surface area contributed by atoms with Crippen molar-refractivity contribution in [1.82, 2.24) is 4.31 Å². The second kappa shape index (κ2) is 8.88. The molecule has 0 bridgehead atoms. The molecular weight excluding hydrogens is 372 g/mol. The SMILES string of the molecule is CCCCc1ccc(S(=O)(=O)N2CCN(c3ccc(C(C)=O)cc3)CC2)cc1. The number of aryl methyl sites for hydroxylation is 1. The van der Waals surface area contributed by atoms with E-state index in [1.54, 1.807) is 23.4 Å². The van der Waals surface area contributed by atoms with Gasteiger partial charge in [-0.25, -0.2) is 8.42 Å². The summed E-state index contributed by atoms with van der Waals surface area (Å²) in [6.45, 7) is 5.87. The molecule has 1 aliphatic rings. The fourth-order valence-electron chi connectivity index (χ4n) is 3.45. The van der Waals surface area contributed by atoms with Crippen LogP contribution >= 0.6 is 0 Å². The summed E-state index contributed by atoms with van der Waals surface area (Å²) in [5.41, 5.74) is 2.88. The molecule has 0 unspecified atom stereocenters. The molecule has 28 heavy (non-hydrogen) atoms. The number of Topliss-reactive ketones (excluding diaryl/α,β-unsaturated/α-hetero) is 1. The van der Waals surface area contributed by atoms with Gasteiger partial charge in [0, 0.05) is 37.4 Å². The molecule has 150 valence electrons. The first-order valence-corrected chi connectivity index (χ1v) is 11.3. The highest BCUT2D eigenvalue weighted by Gasteiger charge is 2.28. The minimum atomic E-state index is -3.46. The summed E-state index contributed by atoms with van der Waals surface area (Å²) in [5, 5.41) is 0. The minimum Gasteiger partial charge on any atom is -0.369 e. The molecule has 0 aliphatic carbocycles. The highest BCUT2D eigenvalue weighted by atomic mass is 32.2. The summed E-state index contributed by atoms with van der Waals surface area (Å²) in [4.78, 5) is 13.9. The molecule has 3 rings (SSSR count). The van der Waals surface area contributed by atoms with E-state index < -0.39 is 10.0 Å². The molecule has 0 saturated carbocycles. The van der Waals surface area contributed by atoms with E-state index in [0.29, 0.717) is 36.6 Å². The topological polar surface area (TPSA) is 57.7 Å². The molecule has 2 aromatic carbocycles. The molecule has 1 fully saturated rings. The predicted octanol–water partition coefficient (Wildman–Crippen LogP) is 3.74. The molecule has 1 saturated heterocycles. The van der Waals surface area contributed by atoms with Gasteiger partial charge in [-0.05, 0) is 61.7 Å². The summed E-state index contributed by atoms with van der Waals surface area (Å²) in [7, 11) is -3.46. The second-order valence-corrected chi connectivity index (χ2v) is 9.18. The number of piperazine rings is 1. The van der Waals surface area contributed by atoms with Crippen LogP contribution < -0.4 is 4.90 Å². The van der Waals surface area contributed by atoms with E-state index in [2.05, 4.69) is 11.8 Å². The number of ketones is 1. The molecule has 0 radical (unpaired) electrons. The Labute approximate surface area is 168 Å². The van der Waals surface area contributed by atoms with E-state index in [9.17, 15) is 13.2 Å². The minimum absolute atomic E-state index is 0.0446. The molecule has 0 N–H and O–H groups in total. The Morgan fingerprint density at radius 2 is 1.54 bits per heavy atom. The standard InChI is InChI=1S/C22H28N2O3S/c1-3-4-5-19-6-12-22(13-7-19)28(26,27)24-16-14-23(15-17-24)21-10-8-20(9-11-21)18(2)25/h6-13H,3-5,14-17H2,1-2H3. The normalized spacial score (nSPS) is 15.6. The fraction of sp³-hybridized carbons (Fsp3) is 0.409. The van der Waals surface area contributed by atoms with Crippen LogP contribution in [0.5, 0.6) is 0 Å². The summed E-state index contributed by atoms with van der Waals surface area (Å²) in [5.74, 6) is 0.0446. The molecule has 1 aliphatic heterocycles. The van der Waals surface area contributed by atoms with Gasteiger partial charge in [0.25, 0.3) is 0 Å². The molecule has 0 amide bonds. The van der Waals surface area contributed by atoms with Gasteiger partial charge in [-0.3, -0.25) is 4.79 Å². The zero-order chi connectivity index (χ0) is 20.1. The van der Waals surface area contributed by atoms with Gasteiger partial charge in [0.05, 0.1) is 4.90 Å². The lowest BCUT2D eigenvalue weighted by atomic mass is 10.1. The molecular formula is C22H28N2O3S. The van der Waals surface area contributed by atoms with Crippen LogP contribution in [0.4, 0.5) is 5.69 Å². The van der Waals surface area contributed by atoms with Gasteiger partial charge in [0.2, 0.25) is 10.0 Å². The van der Waals surface area contributed by atoms with Crippen LogP contribution in [-0.4, -0.2) is 44.7 Å². The number of hydrogen-bond acceptors (Lipinski definition) is 4. The van der Waals surface area contributed by atoms with Crippen molar-refractivity contribution in [2.75, 3.05) is 31.1 Å². The molecule has 0 atom stereocenters. The molecule has 5 nitrogen and oxygen atoms in total. The Morgan fingerprint density at radius 3 is 2.07 bits per heavy atom. The van der Waals surface area contributed by atoms with Crippen molar-refractivity contribution >= 4 is 21.5 Å². The van der Waals surface area contributed by atoms with Crippen LogP contribution in [0.25, 0.3) is 0 Å². The van der Waals surface area contributed by atoms with E-state index in [-0.39, 0.29) is 5.78 Å². The van der Waals surface area contributed by atoms with E-state index in [0.717, 1.165) is 24.9 Å². The van der Waals surface area contributed by atoms with Crippen LogP contribution in [-0.2, 0) is 16.4 Å². The molecule has 6 heteroatoms. The van der Waals surface area contributed by atoms with Crippen LogP contribution in [0.1, 0.15) is 42.6 Å². The molecule has 0 aromatic heterocycles. The monoisotopic (exact) mass is 400 g/mol. The maximum absolute atomic E-state index is 12.9. The second-order valence-electron chi connectivity index (χ2n) is 7.24. The molecule has 0 spiro atoms. The smallest absolute Gasteiger partial charge is 0.243 e. The number of unbranched alkanes of at least 4 members (excludes halogenated alkanes) is 1. The van der Waals surface area contributed by atoms with Crippen LogP contribution in [0.3, 0.4) is 0 Å². The van der Waals surface area contributed by atoms with Gasteiger partial charge in [0.1, 0.15) is 0 Å². The summed E-state index contributed by atoms with van der Waals surface area (Å²) < 4.78 is 27.5. The van der Waals surface area contributed by atoms with Crippen molar-refractivity contribution < 1.29 is 13.2 Å². The fourth-order valence-corrected chi connectivity index (χ4v) is 4.87. The zero-order valence-corrected chi connectivity index (χ0v) is 17.4. The Morgan fingerprint density at radius 1 is 0.929 bits per heavy atom. The van der Waals surface area contributed by atoms with E-state index in [1.807, 2.05) is 36.4 Å². The highest BCUT2D eigenvalue weighted by molar-refractivity contribution is 7.89. The van der Waals surface area contributed by atoms with Crippen molar-refractivity contribution in [3.63, 3.8) is 0 Å². The molecule has 1 heterocycles. The number of hydrogen-bond donors (Lipinski definition) is 0. The molecule has 2 aromatic rings. The summed E-state index contributed by atoms with van der Waals surface area (Å²) in [6.07, 6.45) is 3.22. The highest BCUT2D eigenvalue weighted by Crippen LogP contribution is 2.22. The Balaban J connectivity index is 1.63. The zero-order valence-electron chi connectivity index (χ0n) is 16.6. The lowest BCUT2D eigenvalue weighted by Crippen LogP contribution is -2.48. The maximum Gasteiger partial charge on any atom is 0.243 e. The van der Waals surface area contributed by atoms with E-state index in [4.69, 9.17) is 0 Å². The largest absolute Gasteiger partial charge is 0.369 e. The first-order valence-electron chi connectivity index (χ1n) is 9.87.